The molecule has 9 nitrogen and oxygen atoms in total. The standard InChI is InChI=1S/C22H29FN6O3/c1-22(2,3)32-21(30)28(5)15-7-6-8-16(9-15)31-20-19-17(23)11-25-29(19)13-18(26-20)14-10-24-27(4)12-14/h10-13,15-16H,6-9H2,1-5H3/t15-,16+/m0/s1. The molecule has 1 saturated carbocycles. The number of nitrogens with zero attached hydrogens (tertiary/aromatic N) is 6. The van der Waals surface area contributed by atoms with Gasteiger partial charge in [-0.05, 0) is 40.0 Å². The van der Waals surface area contributed by atoms with Crippen molar-refractivity contribution < 1.29 is 18.7 Å². The van der Waals surface area contributed by atoms with E-state index in [0.29, 0.717) is 12.1 Å². The maximum atomic E-state index is 14.5. The minimum absolute atomic E-state index is 0.0316. The van der Waals surface area contributed by atoms with Crippen molar-refractivity contribution in [3.8, 4) is 17.1 Å². The van der Waals surface area contributed by atoms with Crippen molar-refractivity contribution in [1.29, 1.82) is 0 Å². The fourth-order valence-electron chi connectivity index (χ4n) is 3.94. The Labute approximate surface area is 186 Å². The van der Waals surface area contributed by atoms with Gasteiger partial charge in [0, 0.05) is 38.3 Å². The number of rotatable bonds is 4. The van der Waals surface area contributed by atoms with E-state index in [4.69, 9.17) is 9.47 Å². The molecule has 3 aromatic rings. The van der Waals surface area contributed by atoms with Crippen molar-refractivity contribution in [2.24, 2.45) is 7.05 Å². The van der Waals surface area contributed by atoms with Crippen molar-refractivity contribution >= 4 is 11.6 Å². The maximum Gasteiger partial charge on any atom is 0.410 e. The molecule has 0 radical (unpaired) electrons. The topological polar surface area (TPSA) is 86.8 Å². The van der Waals surface area contributed by atoms with Crippen LogP contribution in [0.2, 0.25) is 0 Å². The normalized spacial score (nSPS) is 19.2. The second-order valence-electron chi connectivity index (χ2n) is 9.27. The fraction of sp³-hybridized carbons (Fsp3) is 0.545. The predicted octanol–water partition coefficient (Wildman–Crippen LogP) is 3.83. The highest BCUT2D eigenvalue weighted by Gasteiger charge is 2.32. The Balaban J connectivity index is 1.56. The van der Waals surface area contributed by atoms with Crippen LogP contribution in [-0.4, -0.2) is 60.2 Å². The molecule has 1 aliphatic rings. The molecule has 10 heteroatoms. The molecule has 1 aliphatic carbocycles. The highest BCUT2D eigenvalue weighted by atomic mass is 19.1. The number of amides is 1. The van der Waals surface area contributed by atoms with Crippen LogP contribution in [0.25, 0.3) is 16.8 Å². The number of hydrogen-bond donors (Lipinski definition) is 0. The van der Waals surface area contributed by atoms with Crippen molar-refractivity contribution in [2.45, 2.75) is 64.2 Å². The number of carbonyl (C=O) groups excluding carboxylic acids is 1. The van der Waals surface area contributed by atoms with Crippen LogP contribution in [0.3, 0.4) is 0 Å². The van der Waals surface area contributed by atoms with Crippen LogP contribution in [0.1, 0.15) is 46.5 Å². The summed E-state index contributed by atoms with van der Waals surface area (Å²) in [6.45, 7) is 5.54. The van der Waals surface area contributed by atoms with Gasteiger partial charge in [-0.15, -0.1) is 0 Å². The summed E-state index contributed by atoms with van der Waals surface area (Å²) in [4.78, 5) is 18.7. The van der Waals surface area contributed by atoms with Crippen LogP contribution in [0, 0.1) is 5.82 Å². The Kier molecular flexibility index (Phi) is 5.79. The largest absolute Gasteiger partial charge is 0.473 e. The molecule has 0 N–H and O–H groups in total. The van der Waals surface area contributed by atoms with Gasteiger partial charge in [0.05, 0.1) is 24.3 Å². The molecule has 0 aliphatic heterocycles. The Morgan fingerprint density at radius 2 is 2.00 bits per heavy atom. The molecule has 0 spiro atoms. The average molecular weight is 445 g/mol. The van der Waals surface area contributed by atoms with Crippen LogP contribution < -0.4 is 4.74 Å². The minimum atomic E-state index is -0.558. The lowest BCUT2D eigenvalue weighted by atomic mass is 9.92. The first-order chi connectivity index (χ1) is 15.1. The molecule has 4 rings (SSSR count). The SMILES string of the molecule is CN(C(=O)OC(C)(C)C)[C@H]1CCC[C@@H](Oc2nc(-c3cnn(C)c3)cn3ncc(F)c23)C1. The molecule has 1 fully saturated rings. The molecule has 172 valence electrons. The summed E-state index contributed by atoms with van der Waals surface area (Å²) < 4.78 is 29.3. The highest BCUT2D eigenvalue weighted by molar-refractivity contribution is 5.68. The van der Waals surface area contributed by atoms with Crippen LogP contribution in [0.15, 0.2) is 24.8 Å². The zero-order valence-corrected chi connectivity index (χ0v) is 19.1. The summed E-state index contributed by atoms with van der Waals surface area (Å²) in [6.07, 6.45) is 8.87. The predicted molar refractivity (Wildman–Crippen MR) is 116 cm³/mol. The molecule has 32 heavy (non-hydrogen) atoms. The molecule has 0 bridgehead atoms. The Bertz CT molecular complexity index is 1120. The summed E-state index contributed by atoms with van der Waals surface area (Å²) in [7, 11) is 3.56. The third kappa shape index (κ3) is 4.68. The molecule has 3 aromatic heterocycles. The molecule has 0 saturated heterocycles. The summed E-state index contributed by atoms with van der Waals surface area (Å²) in [6, 6.07) is -0.0316. The molecule has 2 atom stereocenters. The Hall–Kier alpha value is -3.17. The van der Waals surface area contributed by atoms with E-state index in [-0.39, 0.29) is 29.6 Å². The van der Waals surface area contributed by atoms with Gasteiger partial charge in [0.1, 0.15) is 11.7 Å². The second kappa shape index (κ2) is 8.40. The smallest absolute Gasteiger partial charge is 0.410 e. The van der Waals surface area contributed by atoms with E-state index < -0.39 is 11.4 Å². The summed E-state index contributed by atoms with van der Waals surface area (Å²) in [5.74, 6) is -0.310. The minimum Gasteiger partial charge on any atom is -0.473 e. The van der Waals surface area contributed by atoms with E-state index >= 15 is 0 Å². The first kappa shape index (κ1) is 22.0. The lowest BCUT2D eigenvalue weighted by Crippen LogP contribution is -2.44. The summed E-state index contributed by atoms with van der Waals surface area (Å²) >= 11 is 0. The summed E-state index contributed by atoms with van der Waals surface area (Å²) in [5, 5.41) is 8.27. The van der Waals surface area contributed by atoms with Gasteiger partial charge in [-0.2, -0.15) is 10.2 Å². The van der Waals surface area contributed by atoms with Crippen LogP contribution in [-0.2, 0) is 11.8 Å². The zero-order chi connectivity index (χ0) is 23.0. The Morgan fingerprint density at radius 3 is 2.69 bits per heavy atom. The molecular weight excluding hydrogens is 415 g/mol. The van der Waals surface area contributed by atoms with Crippen molar-refractivity contribution in [1.82, 2.24) is 29.3 Å². The first-order valence-corrected chi connectivity index (χ1v) is 10.8. The average Bonchev–Trinajstić information content (AvgIpc) is 3.32. The van der Waals surface area contributed by atoms with Gasteiger partial charge >= 0.3 is 6.09 Å². The zero-order valence-electron chi connectivity index (χ0n) is 19.1. The monoisotopic (exact) mass is 444 g/mol. The van der Waals surface area contributed by atoms with Crippen molar-refractivity contribution in [3.63, 3.8) is 0 Å². The van der Waals surface area contributed by atoms with E-state index in [2.05, 4.69) is 15.2 Å². The third-order valence-corrected chi connectivity index (χ3v) is 5.53. The van der Waals surface area contributed by atoms with Crippen LogP contribution in [0.5, 0.6) is 5.88 Å². The number of hydrogen-bond acceptors (Lipinski definition) is 6. The fourth-order valence-corrected chi connectivity index (χ4v) is 3.94. The van der Waals surface area contributed by atoms with E-state index in [9.17, 15) is 9.18 Å². The van der Waals surface area contributed by atoms with Gasteiger partial charge < -0.3 is 14.4 Å². The van der Waals surface area contributed by atoms with E-state index in [1.807, 2.05) is 34.0 Å². The van der Waals surface area contributed by atoms with Gasteiger partial charge in [-0.3, -0.25) is 4.68 Å². The van der Waals surface area contributed by atoms with Gasteiger partial charge in [0.15, 0.2) is 11.3 Å². The number of carbonyl (C=O) groups is 1. The third-order valence-electron chi connectivity index (χ3n) is 5.53. The van der Waals surface area contributed by atoms with Crippen molar-refractivity contribution in [3.05, 3.63) is 30.6 Å². The Morgan fingerprint density at radius 1 is 1.22 bits per heavy atom. The van der Waals surface area contributed by atoms with Gasteiger partial charge in [0.25, 0.3) is 0 Å². The van der Waals surface area contributed by atoms with E-state index in [0.717, 1.165) is 31.0 Å². The van der Waals surface area contributed by atoms with Gasteiger partial charge in [0.2, 0.25) is 5.88 Å². The number of aryl methyl sites for hydroxylation is 1. The lowest BCUT2D eigenvalue weighted by Gasteiger charge is -2.36. The highest BCUT2D eigenvalue weighted by Crippen LogP contribution is 2.31. The van der Waals surface area contributed by atoms with Gasteiger partial charge in [-0.1, -0.05) is 0 Å². The number of halogens is 1. The van der Waals surface area contributed by atoms with E-state index in [1.165, 1.54) is 4.52 Å². The van der Waals surface area contributed by atoms with Crippen LogP contribution >= 0.6 is 0 Å². The number of ether oxygens (including phenoxy) is 2. The maximum absolute atomic E-state index is 14.5. The van der Waals surface area contributed by atoms with Crippen LogP contribution in [0.4, 0.5) is 9.18 Å². The van der Waals surface area contributed by atoms with Gasteiger partial charge in [-0.25, -0.2) is 18.7 Å². The number of fused-ring (bicyclic) bond motifs is 1. The quantitative estimate of drug-likeness (QED) is 0.608. The molecule has 1 amide bonds. The second-order valence-corrected chi connectivity index (χ2v) is 9.27. The number of aromatic nitrogens is 5. The van der Waals surface area contributed by atoms with E-state index in [1.54, 1.807) is 29.0 Å². The molecule has 0 unspecified atom stereocenters. The van der Waals surface area contributed by atoms with Crippen molar-refractivity contribution in [2.75, 3.05) is 7.05 Å². The summed E-state index contributed by atoms with van der Waals surface area (Å²) in [5.41, 5.74) is 1.00. The molecule has 0 aromatic carbocycles. The molecule has 3 heterocycles. The molecular formula is C22H29FN6O3. The first-order valence-electron chi connectivity index (χ1n) is 10.8. The lowest BCUT2D eigenvalue weighted by molar-refractivity contribution is 0.0115.